The topological polar surface area (TPSA) is 38.0 Å². The minimum absolute atomic E-state index is 0.116. The van der Waals surface area contributed by atoms with Gasteiger partial charge in [-0.05, 0) is 42.2 Å². The van der Waals surface area contributed by atoms with E-state index in [1.807, 2.05) is 18.2 Å². The van der Waals surface area contributed by atoms with Crippen LogP contribution in [0.15, 0.2) is 40.9 Å². The molecule has 112 valence electrons. The fourth-order valence-electron chi connectivity index (χ4n) is 2.11. The first kappa shape index (κ1) is 16.7. The smallest absolute Gasteiger partial charge is 0.145 e. The minimum Gasteiger partial charge on any atom is -0.271 e. The molecule has 0 bridgehead atoms. The van der Waals surface area contributed by atoms with E-state index in [1.54, 1.807) is 12.1 Å². The summed E-state index contributed by atoms with van der Waals surface area (Å²) in [7, 11) is 0. The van der Waals surface area contributed by atoms with E-state index >= 15 is 0 Å². The lowest BCUT2D eigenvalue weighted by Crippen LogP contribution is -2.38. The summed E-state index contributed by atoms with van der Waals surface area (Å²) in [6.07, 6.45) is 1.02. The number of hydrazine groups is 1. The average molecular weight is 392 g/mol. The molecule has 1 atom stereocenters. The highest BCUT2D eigenvalue weighted by atomic mass is 79.9. The van der Waals surface area contributed by atoms with Gasteiger partial charge in [-0.2, -0.15) is 0 Å². The van der Waals surface area contributed by atoms with Gasteiger partial charge in [-0.15, -0.1) is 0 Å². The molecule has 0 saturated heterocycles. The summed E-state index contributed by atoms with van der Waals surface area (Å²) >= 11 is 15.3. The summed E-state index contributed by atoms with van der Waals surface area (Å²) in [5.41, 5.74) is 4.18. The first-order valence-corrected chi connectivity index (χ1v) is 7.89. The summed E-state index contributed by atoms with van der Waals surface area (Å²) in [5, 5.41) is 0.765. The van der Waals surface area contributed by atoms with Gasteiger partial charge in [-0.3, -0.25) is 11.3 Å². The summed E-state index contributed by atoms with van der Waals surface area (Å²) < 4.78 is 14.8. The van der Waals surface area contributed by atoms with E-state index in [4.69, 9.17) is 29.0 Å². The lowest BCUT2D eigenvalue weighted by atomic mass is 9.99. The van der Waals surface area contributed by atoms with Gasteiger partial charge in [0.05, 0.1) is 5.02 Å². The molecule has 1 unspecified atom stereocenters. The van der Waals surface area contributed by atoms with E-state index in [2.05, 4.69) is 21.4 Å². The van der Waals surface area contributed by atoms with E-state index in [1.165, 1.54) is 6.07 Å². The van der Waals surface area contributed by atoms with Crippen molar-refractivity contribution in [1.29, 1.82) is 0 Å². The second-order valence-corrected chi connectivity index (χ2v) is 6.45. The van der Waals surface area contributed by atoms with Crippen LogP contribution in [-0.2, 0) is 12.8 Å². The minimum atomic E-state index is -0.402. The summed E-state index contributed by atoms with van der Waals surface area (Å²) in [4.78, 5) is 0. The monoisotopic (exact) mass is 390 g/mol. The third-order valence-corrected chi connectivity index (χ3v) is 4.35. The second kappa shape index (κ2) is 7.56. The maximum Gasteiger partial charge on any atom is 0.145 e. The van der Waals surface area contributed by atoms with Gasteiger partial charge < -0.3 is 0 Å². The quantitative estimate of drug-likeness (QED) is 0.581. The standard InChI is InChI=1S/C15H14BrCl2FN2/c16-11-5-4-9(14(18)8-11)6-12(21-20)7-10-2-1-3-13(17)15(10)19/h1-5,8,12,21H,6-7,20H2. The third kappa shape index (κ3) is 4.41. The largest absolute Gasteiger partial charge is 0.271 e. The molecule has 2 aromatic rings. The zero-order chi connectivity index (χ0) is 15.4. The fraction of sp³-hybridized carbons (Fsp3) is 0.200. The van der Waals surface area contributed by atoms with E-state index in [-0.39, 0.29) is 11.1 Å². The highest BCUT2D eigenvalue weighted by Crippen LogP contribution is 2.24. The molecule has 0 aliphatic carbocycles. The second-order valence-electron chi connectivity index (χ2n) is 4.72. The summed E-state index contributed by atoms with van der Waals surface area (Å²) in [6.45, 7) is 0. The molecular weight excluding hydrogens is 378 g/mol. The van der Waals surface area contributed by atoms with Crippen molar-refractivity contribution in [3.8, 4) is 0 Å². The average Bonchev–Trinajstić information content (AvgIpc) is 2.45. The van der Waals surface area contributed by atoms with Crippen LogP contribution in [0.4, 0.5) is 4.39 Å². The Kier molecular flexibility index (Phi) is 6.02. The van der Waals surface area contributed by atoms with E-state index in [9.17, 15) is 4.39 Å². The van der Waals surface area contributed by atoms with Gasteiger partial charge in [-0.1, -0.05) is 57.3 Å². The van der Waals surface area contributed by atoms with Crippen molar-refractivity contribution in [3.63, 3.8) is 0 Å². The summed E-state index contributed by atoms with van der Waals surface area (Å²) in [6, 6.07) is 10.5. The molecule has 6 heteroatoms. The molecule has 0 aliphatic rings. The summed E-state index contributed by atoms with van der Waals surface area (Å²) in [5.74, 6) is 5.18. The number of halogens is 4. The van der Waals surface area contributed by atoms with Crippen LogP contribution < -0.4 is 11.3 Å². The predicted octanol–water partition coefficient (Wildman–Crippen LogP) is 4.51. The molecule has 0 heterocycles. The normalized spacial score (nSPS) is 12.4. The molecule has 0 aliphatic heterocycles. The molecular formula is C15H14BrCl2FN2. The third-order valence-electron chi connectivity index (χ3n) is 3.22. The van der Waals surface area contributed by atoms with Gasteiger partial charge in [-0.25, -0.2) is 4.39 Å². The number of hydrogen-bond acceptors (Lipinski definition) is 2. The zero-order valence-corrected chi connectivity index (χ0v) is 14.1. The van der Waals surface area contributed by atoms with Crippen LogP contribution >= 0.6 is 39.1 Å². The lowest BCUT2D eigenvalue weighted by molar-refractivity contribution is 0.506. The van der Waals surface area contributed by atoms with Crippen LogP contribution in [0.5, 0.6) is 0 Å². The maximum absolute atomic E-state index is 13.9. The van der Waals surface area contributed by atoms with Crippen molar-refractivity contribution in [3.05, 3.63) is 67.9 Å². The van der Waals surface area contributed by atoms with Crippen LogP contribution in [0.25, 0.3) is 0 Å². The first-order valence-electron chi connectivity index (χ1n) is 6.34. The molecule has 2 nitrogen and oxygen atoms in total. The Morgan fingerprint density at radius 2 is 1.81 bits per heavy atom. The molecule has 21 heavy (non-hydrogen) atoms. The SMILES string of the molecule is NNC(Cc1ccc(Br)cc1Cl)Cc1cccc(Cl)c1F. The van der Waals surface area contributed by atoms with E-state index in [0.29, 0.717) is 23.4 Å². The van der Waals surface area contributed by atoms with Gasteiger partial charge >= 0.3 is 0 Å². The Labute approximate surface area is 141 Å². The zero-order valence-electron chi connectivity index (χ0n) is 11.0. The Morgan fingerprint density at radius 1 is 1.10 bits per heavy atom. The van der Waals surface area contributed by atoms with Gasteiger partial charge in [0.1, 0.15) is 5.82 Å². The van der Waals surface area contributed by atoms with Crippen molar-refractivity contribution >= 4 is 39.1 Å². The molecule has 0 fully saturated rings. The number of rotatable bonds is 5. The molecule has 2 aromatic carbocycles. The number of nitrogens with two attached hydrogens (primary N) is 1. The first-order chi connectivity index (χ1) is 10.0. The van der Waals surface area contributed by atoms with Crippen molar-refractivity contribution in [1.82, 2.24) is 5.43 Å². The van der Waals surface area contributed by atoms with Gasteiger partial charge in [0, 0.05) is 15.5 Å². The molecule has 2 rings (SSSR count). The molecule has 0 amide bonds. The Hall–Kier alpha value is -0.650. The highest BCUT2D eigenvalue weighted by Gasteiger charge is 2.15. The van der Waals surface area contributed by atoms with Gasteiger partial charge in [0.2, 0.25) is 0 Å². The van der Waals surface area contributed by atoms with Crippen LogP contribution in [0.3, 0.4) is 0 Å². The lowest BCUT2D eigenvalue weighted by Gasteiger charge is -2.17. The molecule has 3 N–H and O–H groups in total. The number of hydrogen-bond donors (Lipinski definition) is 2. The maximum atomic E-state index is 13.9. The van der Waals surface area contributed by atoms with Crippen LogP contribution in [0.2, 0.25) is 10.0 Å². The molecule has 0 spiro atoms. The van der Waals surface area contributed by atoms with Crippen LogP contribution in [0, 0.1) is 5.82 Å². The van der Waals surface area contributed by atoms with Gasteiger partial charge in [0.25, 0.3) is 0 Å². The Bertz CT molecular complexity index is 637. The predicted molar refractivity (Wildman–Crippen MR) is 89.1 cm³/mol. The molecule has 0 aromatic heterocycles. The Morgan fingerprint density at radius 3 is 2.48 bits per heavy atom. The number of benzene rings is 2. The van der Waals surface area contributed by atoms with E-state index < -0.39 is 5.82 Å². The van der Waals surface area contributed by atoms with Crippen molar-refractivity contribution in [2.45, 2.75) is 18.9 Å². The van der Waals surface area contributed by atoms with Gasteiger partial charge in [0.15, 0.2) is 0 Å². The number of nitrogens with one attached hydrogen (secondary N) is 1. The van der Waals surface area contributed by atoms with Crippen molar-refractivity contribution in [2.75, 3.05) is 0 Å². The fourth-order valence-corrected chi connectivity index (χ4v) is 3.06. The van der Waals surface area contributed by atoms with Crippen molar-refractivity contribution < 1.29 is 4.39 Å². The molecule has 0 saturated carbocycles. The van der Waals surface area contributed by atoms with E-state index in [0.717, 1.165) is 10.0 Å². The highest BCUT2D eigenvalue weighted by molar-refractivity contribution is 9.10. The van der Waals surface area contributed by atoms with Crippen molar-refractivity contribution in [2.24, 2.45) is 5.84 Å². The molecule has 0 radical (unpaired) electrons. The van der Waals surface area contributed by atoms with Crippen LogP contribution in [-0.4, -0.2) is 6.04 Å². The van der Waals surface area contributed by atoms with Crippen LogP contribution in [0.1, 0.15) is 11.1 Å². The Balaban J connectivity index is 2.15.